The van der Waals surface area contributed by atoms with Gasteiger partial charge in [-0.25, -0.2) is 16.3 Å². The summed E-state index contributed by atoms with van der Waals surface area (Å²) in [5, 5.41) is 5.85. The Morgan fingerprint density at radius 1 is 0.914 bits per heavy atom. The van der Waals surface area contributed by atoms with E-state index in [1.165, 1.54) is 89.2 Å². The molecule has 2 unspecified atom stereocenters. The third kappa shape index (κ3) is 6.40. The van der Waals surface area contributed by atoms with Crippen LogP contribution in [-0.4, -0.2) is 54.5 Å². The van der Waals surface area contributed by atoms with E-state index >= 15 is 0 Å². The Balaban J connectivity index is 0.000000218. The summed E-state index contributed by atoms with van der Waals surface area (Å²) in [4.78, 5) is 22.6. The van der Waals surface area contributed by atoms with Crippen LogP contribution >= 0.6 is 0 Å². The number of nitrogens with one attached hydrogen (secondary N) is 2. The second kappa shape index (κ2) is 12.1. The van der Waals surface area contributed by atoms with Crippen LogP contribution in [0.1, 0.15) is 116 Å². The minimum Gasteiger partial charge on any atom is -0.336 e. The maximum atomic E-state index is 10.9. The predicted molar refractivity (Wildman–Crippen MR) is 144 cm³/mol. The molecule has 6 nitrogen and oxygen atoms in total. The van der Waals surface area contributed by atoms with E-state index in [0.29, 0.717) is 12.0 Å². The summed E-state index contributed by atoms with van der Waals surface area (Å²) >= 11 is 0. The Kier molecular flexibility index (Phi) is 9.13. The molecule has 2 amide bonds. The summed E-state index contributed by atoms with van der Waals surface area (Å²) in [6.45, 7) is 8.83. The van der Waals surface area contributed by atoms with Crippen molar-refractivity contribution in [2.24, 2.45) is 16.8 Å². The van der Waals surface area contributed by atoms with Gasteiger partial charge < -0.3 is 10.6 Å². The van der Waals surface area contributed by atoms with E-state index in [-0.39, 0.29) is 17.2 Å². The normalized spacial score (nSPS) is 33.0. The van der Waals surface area contributed by atoms with Crippen LogP contribution in [0.2, 0.25) is 0 Å². The lowest BCUT2D eigenvalue weighted by Crippen LogP contribution is -2.54. The van der Waals surface area contributed by atoms with Gasteiger partial charge >= 0.3 is 6.03 Å². The van der Waals surface area contributed by atoms with Gasteiger partial charge in [0.25, 0.3) is 5.66 Å². The number of aliphatic imine (C=N–C) groups is 1. The molecule has 5 rings (SSSR count). The Hall–Kier alpha value is -1.61. The van der Waals surface area contributed by atoms with Gasteiger partial charge in [-0.1, -0.05) is 57.8 Å². The van der Waals surface area contributed by atoms with Crippen molar-refractivity contribution in [2.75, 3.05) is 20.6 Å². The maximum Gasteiger partial charge on any atom is 0.315 e. The number of urea groups is 1. The van der Waals surface area contributed by atoms with Crippen molar-refractivity contribution in [1.82, 2.24) is 15.5 Å². The van der Waals surface area contributed by atoms with E-state index in [4.69, 9.17) is 11.6 Å². The Morgan fingerprint density at radius 3 is 2.11 bits per heavy atom. The van der Waals surface area contributed by atoms with E-state index in [9.17, 15) is 4.79 Å². The summed E-state index contributed by atoms with van der Waals surface area (Å²) in [6, 6.07) is 0.604. The summed E-state index contributed by atoms with van der Waals surface area (Å²) in [7, 11) is 4.24. The molecule has 4 aliphatic carbocycles. The monoisotopic (exact) mass is 483 g/mol. The number of nitrogens with zero attached hydrogens (tertiary/aromatic N) is 3. The van der Waals surface area contributed by atoms with Crippen LogP contribution in [0, 0.1) is 18.4 Å². The first-order valence-electron chi connectivity index (χ1n) is 14.6. The van der Waals surface area contributed by atoms with Gasteiger partial charge in [-0.15, -0.1) is 0 Å². The first kappa shape index (κ1) is 26.5. The molecule has 1 heterocycles. The molecule has 6 heteroatoms. The van der Waals surface area contributed by atoms with Gasteiger partial charge in [0.2, 0.25) is 0 Å². The largest absolute Gasteiger partial charge is 0.336 e. The van der Waals surface area contributed by atoms with Crippen LogP contribution in [0.15, 0.2) is 4.99 Å². The highest BCUT2D eigenvalue weighted by Gasteiger charge is 2.53. The predicted octanol–water partition coefficient (Wildman–Crippen LogP) is 6.32. The zero-order valence-corrected chi connectivity index (χ0v) is 22.4. The van der Waals surface area contributed by atoms with Gasteiger partial charge in [0.05, 0.1) is 11.5 Å². The number of carbonyl (C=O) groups is 1. The Morgan fingerprint density at radius 2 is 1.54 bits per heavy atom. The number of amides is 2. The zero-order chi connectivity index (χ0) is 24.7. The molecule has 1 spiro atoms. The summed E-state index contributed by atoms with van der Waals surface area (Å²) in [5.41, 5.74) is 1.29. The Bertz CT molecular complexity index is 768. The minimum atomic E-state index is -0.284. The van der Waals surface area contributed by atoms with Crippen LogP contribution in [-0.2, 0) is 0 Å². The lowest BCUT2D eigenvalue weighted by atomic mass is 9.66. The molecular formula is C29H49N5O. The molecule has 5 fully saturated rings. The summed E-state index contributed by atoms with van der Waals surface area (Å²) in [5.74, 6) is 1.22. The summed E-state index contributed by atoms with van der Waals surface area (Å²) in [6.07, 6.45) is 22.7. The van der Waals surface area contributed by atoms with Crippen molar-refractivity contribution >= 4 is 11.7 Å². The molecule has 1 saturated heterocycles. The van der Waals surface area contributed by atoms with E-state index in [2.05, 4.69) is 34.5 Å². The maximum absolute atomic E-state index is 10.9. The number of hydrogen-bond acceptors (Lipinski definition) is 3. The lowest BCUT2D eigenvalue weighted by molar-refractivity contribution is 0.0552. The fraction of sp³-hybridized carbons (Fsp3) is 0.897. The van der Waals surface area contributed by atoms with Gasteiger partial charge in [0, 0.05) is 24.7 Å². The molecule has 2 N–H and O–H groups in total. The van der Waals surface area contributed by atoms with Crippen molar-refractivity contribution in [1.29, 1.82) is 0 Å². The van der Waals surface area contributed by atoms with Gasteiger partial charge in [-0.3, -0.25) is 9.84 Å². The van der Waals surface area contributed by atoms with Crippen molar-refractivity contribution < 1.29 is 4.79 Å². The van der Waals surface area contributed by atoms with E-state index in [1.807, 2.05) is 0 Å². The standard InChI is InChI=1S/C21H35N3.C8H14N2O/c1-22-21(24(2)3)15-14-19(23-18-12-8-5-9-13-18)16-20(21)17-10-6-4-7-11-17;11-7-9-6-8(10-7)4-2-1-3-5-8/h17-18,20H,4-16H2,2-3H3;1-6H2,(H2,9,10,11). The van der Waals surface area contributed by atoms with Crippen molar-refractivity contribution in [3.63, 3.8) is 0 Å². The molecular weight excluding hydrogens is 434 g/mol. The SMILES string of the molecule is O=C1NCC2(CCCCC2)N1.[C-]#[N+]C1(N(C)C)CCC(=NC2CCCCC2)CC1C1CCCCC1. The molecule has 5 aliphatic rings. The van der Waals surface area contributed by atoms with Crippen LogP contribution < -0.4 is 10.6 Å². The van der Waals surface area contributed by atoms with Gasteiger partial charge in [-0.05, 0) is 71.4 Å². The lowest BCUT2D eigenvalue weighted by Gasteiger charge is -2.44. The van der Waals surface area contributed by atoms with Crippen LogP contribution in [0.25, 0.3) is 4.85 Å². The van der Waals surface area contributed by atoms with Crippen molar-refractivity contribution in [2.45, 2.75) is 133 Å². The molecule has 0 aromatic carbocycles. The first-order chi connectivity index (χ1) is 17.0. The number of carbonyl (C=O) groups excluding carboxylic acids is 1. The quantitative estimate of drug-likeness (QED) is 0.461. The molecule has 2 atom stereocenters. The molecule has 196 valence electrons. The molecule has 1 aliphatic heterocycles. The van der Waals surface area contributed by atoms with Crippen LogP contribution in [0.5, 0.6) is 0 Å². The van der Waals surface area contributed by atoms with E-state index in [0.717, 1.165) is 44.6 Å². The average Bonchev–Trinajstić information content (AvgIpc) is 3.25. The topological polar surface area (TPSA) is 61.1 Å². The van der Waals surface area contributed by atoms with Gasteiger partial charge in [0.15, 0.2) is 0 Å². The highest BCUT2D eigenvalue weighted by atomic mass is 16.2. The van der Waals surface area contributed by atoms with E-state index in [1.54, 1.807) is 0 Å². The molecule has 0 aromatic rings. The highest BCUT2D eigenvalue weighted by molar-refractivity contribution is 5.86. The Labute approximate surface area is 213 Å². The average molecular weight is 484 g/mol. The zero-order valence-electron chi connectivity index (χ0n) is 22.4. The first-order valence-corrected chi connectivity index (χ1v) is 14.6. The molecule has 0 bridgehead atoms. The number of rotatable bonds is 3. The smallest absolute Gasteiger partial charge is 0.315 e. The van der Waals surface area contributed by atoms with Crippen LogP contribution in [0.3, 0.4) is 0 Å². The molecule has 0 radical (unpaired) electrons. The fourth-order valence-electron chi connectivity index (χ4n) is 7.60. The van der Waals surface area contributed by atoms with E-state index < -0.39 is 0 Å². The minimum absolute atomic E-state index is 0.0203. The second-order valence-corrected chi connectivity index (χ2v) is 12.2. The molecule has 0 aromatic heterocycles. The van der Waals surface area contributed by atoms with Gasteiger partial charge in [0.1, 0.15) is 0 Å². The van der Waals surface area contributed by atoms with Crippen LogP contribution in [0.4, 0.5) is 4.79 Å². The number of hydrogen-bond donors (Lipinski definition) is 2. The summed E-state index contributed by atoms with van der Waals surface area (Å²) < 4.78 is 0. The second-order valence-electron chi connectivity index (χ2n) is 12.2. The molecule has 35 heavy (non-hydrogen) atoms. The third-order valence-corrected chi connectivity index (χ3v) is 9.73. The fourth-order valence-corrected chi connectivity index (χ4v) is 7.60. The van der Waals surface area contributed by atoms with Crippen molar-refractivity contribution in [3.05, 3.63) is 11.4 Å². The molecule has 4 saturated carbocycles. The van der Waals surface area contributed by atoms with Crippen molar-refractivity contribution in [3.8, 4) is 0 Å². The highest BCUT2D eigenvalue weighted by Crippen LogP contribution is 2.46. The third-order valence-electron chi connectivity index (χ3n) is 9.73. The van der Waals surface area contributed by atoms with Gasteiger partial charge in [-0.2, -0.15) is 0 Å².